The number of ether oxygens (including phenoxy) is 2. The van der Waals surface area contributed by atoms with E-state index >= 15 is 0 Å². The zero-order valence-electron chi connectivity index (χ0n) is 25.6. The van der Waals surface area contributed by atoms with Gasteiger partial charge in [0.1, 0.15) is 6.61 Å². The van der Waals surface area contributed by atoms with E-state index in [1.807, 2.05) is 18.2 Å². The first-order valence-electron chi connectivity index (χ1n) is 16.2. The van der Waals surface area contributed by atoms with E-state index in [-0.39, 0.29) is 30.8 Å². The summed E-state index contributed by atoms with van der Waals surface area (Å²) < 4.78 is 10.4. The third-order valence-corrected chi connectivity index (χ3v) is 7.82. The lowest BCUT2D eigenvalue weighted by Gasteiger charge is -2.19. The maximum atomic E-state index is 12.1. The predicted molar refractivity (Wildman–Crippen MR) is 161 cm³/mol. The van der Waals surface area contributed by atoms with Gasteiger partial charge in [0, 0.05) is 25.2 Å². The third-order valence-electron chi connectivity index (χ3n) is 7.82. The SMILES string of the molecule is CCCCCCCCCC(=O)O[C@@H](CO)COC(=O)CCC/C=C/C[C@@H]1[C@@H](/C=C/[C@@H](O)CCCCC)[C@H](O)C[C@@H]1O. The number of allylic oxidation sites excluding steroid dienone is 2. The number of rotatable bonds is 24. The molecule has 0 heterocycles. The molecule has 0 aromatic rings. The summed E-state index contributed by atoms with van der Waals surface area (Å²) >= 11 is 0. The molecule has 8 nitrogen and oxygen atoms in total. The molecule has 0 spiro atoms. The molecule has 6 atom stereocenters. The van der Waals surface area contributed by atoms with Crippen LogP contribution in [0.3, 0.4) is 0 Å². The Morgan fingerprint density at radius 2 is 1.51 bits per heavy atom. The molecule has 0 aliphatic heterocycles. The summed E-state index contributed by atoms with van der Waals surface area (Å²) in [7, 11) is 0. The third kappa shape index (κ3) is 17.7. The molecule has 1 saturated carbocycles. The van der Waals surface area contributed by atoms with E-state index in [1.54, 1.807) is 6.08 Å². The first-order valence-corrected chi connectivity index (χ1v) is 16.2. The maximum absolute atomic E-state index is 12.1. The van der Waals surface area contributed by atoms with Crippen molar-refractivity contribution in [3.8, 4) is 0 Å². The highest BCUT2D eigenvalue weighted by Gasteiger charge is 2.39. The number of esters is 2. The summed E-state index contributed by atoms with van der Waals surface area (Å²) in [6.07, 6.45) is 19.2. The van der Waals surface area contributed by atoms with E-state index in [4.69, 9.17) is 9.47 Å². The minimum Gasteiger partial charge on any atom is -0.462 e. The summed E-state index contributed by atoms with van der Waals surface area (Å²) in [6, 6.07) is 0. The summed E-state index contributed by atoms with van der Waals surface area (Å²) in [4.78, 5) is 24.1. The quantitative estimate of drug-likeness (QED) is 0.0662. The summed E-state index contributed by atoms with van der Waals surface area (Å²) in [5, 5.41) is 40.4. The first kappa shape index (κ1) is 37.3. The van der Waals surface area contributed by atoms with Crippen LogP contribution in [0.2, 0.25) is 0 Å². The molecule has 0 unspecified atom stereocenters. The molecule has 0 aromatic heterocycles. The number of unbranched alkanes of at least 4 members (excludes halogenated alkanes) is 9. The number of hydrogen-bond donors (Lipinski definition) is 4. The van der Waals surface area contributed by atoms with E-state index in [9.17, 15) is 30.0 Å². The molecule has 41 heavy (non-hydrogen) atoms. The zero-order valence-corrected chi connectivity index (χ0v) is 25.6. The number of aliphatic hydroxyl groups is 4. The molecule has 1 aliphatic rings. The van der Waals surface area contributed by atoms with Gasteiger partial charge in [0.15, 0.2) is 6.10 Å². The molecule has 0 aromatic carbocycles. The fourth-order valence-corrected chi connectivity index (χ4v) is 5.25. The smallest absolute Gasteiger partial charge is 0.306 e. The van der Waals surface area contributed by atoms with Crippen LogP contribution in [0.4, 0.5) is 0 Å². The summed E-state index contributed by atoms with van der Waals surface area (Å²) in [5.74, 6) is -1.10. The van der Waals surface area contributed by atoms with Gasteiger partial charge in [-0.2, -0.15) is 0 Å². The maximum Gasteiger partial charge on any atom is 0.306 e. The monoisotopic (exact) mass is 582 g/mol. The fourth-order valence-electron chi connectivity index (χ4n) is 5.25. The second kappa shape index (κ2) is 23.8. The molecule has 0 saturated heterocycles. The van der Waals surface area contributed by atoms with Gasteiger partial charge in [-0.1, -0.05) is 95.9 Å². The van der Waals surface area contributed by atoms with Crippen LogP contribution in [0.25, 0.3) is 0 Å². The van der Waals surface area contributed by atoms with Crippen LogP contribution >= 0.6 is 0 Å². The molecule has 0 radical (unpaired) electrons. The Bertz CT molecular complexity index is 737. The van der Waals surface area contributed by atoms with Crippen molar-refractivity contribution < 1.29 is 39.5 Å². The molecule has 1 rings (SSSR count). The van der Waals surface area contributed by atoms with Gasteiger partial charge in [-0.05, 0) is 38.0 Å². The van der Waals surface area contributed by atoms with E-state index in [1.165, 1.54) is 25.7 Å². The van der Waals surface area contributed by atoms with Gasteiger partial charge >= 0.3 is 11.9 Å². The lowest BCUT2D eigenvalue weighted by atomic mass is 9.89. The molecule has 0 amide bonds. The fraction of sp³-hybridized carbons (Fsp3) is 0.818. The Labute approximate surface area is 248 Å². The van der Waals surface area contributed by atoms with Crippen LogP contribution in [0.15, 0.2) is 24.3 Å². The average molecular weight is 583 g/mol. The van der Waals surface area contributed by atoms with Crippen LogP contribution in [-0.2, 0) is 19.1 Å². The zero-order chi connectivity index (χ0) is 30.3. The number of hydrogen-bond acceptors (Lipinski definition) is 8. The lowest BCUT2D eigenvalue weighted by Crippen LogP contribution is -2.28. The standard InChI is InChI=1S/C33H58O8/c1-3-5-7-8-9-10-16-20-33(39)41-27(24-34)25-40-32(38)19-15-12-11-14-18-28-29(31(37)23-30(28)36)22-21-26(35)17-13-6-4-2/h11,14,21-22,26-31,34-37H,3-10,12-13,15-20,23-25H2,1-2H3/b14-11+,22-21+/t26-,27-,28+,29+,30-,31+/m0/s1. The normalized spacial score (nSPS) is 22.4. The van der Waals surface area contributed by atoms with Crippen molar-refractivity contribution in [1.29, 1.82) is 0 Å². The van der Waals surface area contributed by atoms with Gasteiger partial charge in [-0.3, -0.25) is 9.59 Å². The lowest BCUT2D eigenvalue weighted by molar-refractivity contribution is -0.161. The number of aliphatic hydroxyl groups excluding tert-OH is 4. The number of carbonyl (C=O) groups excluding carboxylic acids is 2. The molecule has 1 fully saturated rings. The van der Waals surface area contributed by atoms with Crippen molar-refractivity contribution in [1.82, 2.24) is 0 Å². The van der Waals surface area contributed by atoms with Crippen molar-refractivity contribution in [2.45, 2.75) is 147 Å². The van der Waals surface area contributed by atoms with Crippen molar-refractivity contribution in [3.63, 3.8) is 0 Å². The summed E-state index contributed by atoms with van der Waals surface area (Å²) in [5.41, 5.74) is 0. The van der Waals surface area contributed by atoms with Crippen LogP contribution in [0.1, 0.15) is 123 Å². The van der Waals surface area contributed by atoms with Crippen LogP contribution in [0, 0.1) is 11.8 Å². The highest BCUT2D eigenvalue weighted by atomic mass is 16.6. The molecule has 238 valence electrons. The van der Waals surface area contributed by atoms with Crippen molar-refractivity contribution >= 4 is 11.9 Å². The van der Waals surface area contributed by atoms with Crippen molar-refractivity contribution in [2.75, 3.05) is 13.2 Å². The highest BCUT2D eigenvalue weighted by Crippen LogP contribution is 2.36. The van der Waals surface area contributed by atoms with Crippen molar-refractivity contribution in [2.24, 2.45) is 11.8 Å². The van der Waals surface area contributed by atoms with E-state index in [0.29, 0.717) is 38.5 Å². The van der Waals surface area contributed by atoms with Crippen LogP contribution in [-0.4, -0.2) is 70.0 Å². The number of carbonyl (C=O) groups is 2. The second-order valence-corrected chi connectivity index (χ2v) is 11.5. The second-order valence-electron chi connectivity index (χ2n) is 11.5. The van der Waals surface area contributed by atoms with Crippen LogP contribution in [0.5, 0.6) is 0 Å². The first-order chi connectivity index (χ1) is 19.8. The molecule has 1 aliphatic carbocycles. The molecular weight excluding hydrogens is 524 g/mol. The van der Waals surface area contributed by atoms with E-state index in [2.05, 4.69) is 13.8 Å². The predicted octanol–water partition coefficient (Wildman–Crippen LogP) is 5.55. The largest absolute Gasteiger partial charge is 0.462 e. The molecular formula is C33H58O8. The van der Waals surface area contributed by atoms with Gasteiger partial charge in [-0.25, -0.2) is 0 Å². The van der Waals surface area contributed by atoms with Crippen LogP contribution < -0.4 is 0 Å². The molecule has 8 heteroatoms. The minimum atomic E-state index is -0.844. The summed E-state index contributed by atoms with van der Waals surface area (Å²) in [6.45, 7) is 3.75. The Kier molecular flexibility index (Phi) is 21.6. The molecule has 0 bridgehead atoms. The Morgan fingerprint density at radius 1 is 0.854 bits per heavy atom. The average Bonchev–Trinajstić information content (AvgIpc) is 3.22. The minimum absolute atomic E-state index is 0.116. The highest BCUT2D eigenvalue weighted by molar-refractivity contribution is 5.70. The van der Waals surface area contributed by atoms with Gasteiger partial charge < -0.3 is 29.9 Å². The van der Waals surface area contributed by atoms with Gasteiger partial charge in [-0.15, -0.1) is 0 Å². The Hall–Kier alpha value is -1.74. The molecule has 4 N–H and O–H groups in total. The Morgan fingerprint density at radius 3 is 2.22 bits per heavy atom. The topological polar surface area (TPSA) is 134 Å². The van der Waals surface area contributed by atoms with Gasteiger partial charge in [0.2, 0.25) is 0 Å². The van der Waals surface area contributed by atoms with E-state index in [0.717, 1.165) is 38.5 Å². The van der Waals surface area contributed by atoms with E-state index < -0.39 is 37.0 Å². The van der Waals surface area contributed by atoms with Gasteiger partial charge in [0.25, 0.3) is 0 Å². The van der Waals surface area contributed by atoms with Gasteiger partial charge in [0.05, 0.1) is 24.9 Å². The van der Waals surface area contributed by atoms with Crippen molar-refractivity contribution in [3.05, 3.63) is 24.3 Å². The Balaban J connectivity index is 2.25.